The van der Waals surface area contributed by atoms with Crippen molar-refractivity contribution in [2.24, 2.45) is 11.8 Å². The number of rotatable bonds is 2. The Balaban J connectivity index is 1.68. The van der Waals surface area contributed by atoms with Gasteiger partial charge in [0.1, 0.15) is 12.2 Å². The molecular weight excluding hydrogens is 240 g/mol. The molecule has 0 bridgehead atoms. The number of fused-ring (bicyclic) bond motifs is 1. The maximum Gasteiger partial charge on any atom is 0.163 e. The van der Waals surface area contributed by atoms with Crippen molar-refractivity contribution in [1.82, 2.24) is 0 Å². The Hall–Kier alpha value is -0.380. The van der Waals surface area contributed by atoms with Crippen LogP contribution in [-0.2, 0) is 9.47 Å². The monoisotopic (exact) mass is 266 g/mol. The quantitative estimate of drug-likeness (QED) is 0.781. The van der Waals surface area contributed by atoms with Gasteiger partial charge in [0.25, 0.3) is 0 Å². The molecule has 19 heavy (non-hydrogen) atoms. The summed E-state index contributed by atoms with van der Waals surface area (Å²) < 4.78 is 11.9. The first-order chi connectivity index (χ1) is 9.05. The van der Waals surface area contributed by atoms with Gasteiger partial charge in [0.2, 0.25) is 0 Å². The highest BCUT2D eigenvalue weighted by Gasteiger charge is 2.49. The first-order valence-electron chi connectivity index (χ1n) is 7.77. The van der Waals surface area contributed by atoms with Gasteiger partial charge < -0.3 is 14.6 Å². The van der Waals surface area contributed by atoms with Crippen molar-refractivity contribution >= 4 is 0 Å². The van der Waals surface area contributed by atoms with Crippen LogP contribution in [-0.4, -0.2) is 29.2 Å². The molecule has 0 aromatic rings. The molecule has 3 rings (SSSR count). The minimum Gasteiger partial charge on any atom is -0.386 e. The molecule has 0 aromatic carbocycles. The summed E-state index contributed by atoms with van der Waals surface area (Å²) in [5.41, 5.74) is 0. The van der Waals surface area contributed by atoms with Crippen LogP contribution in [0.5, 0.6) is 0 Å². The molecule has 4 atom stereocenters. The summed E-state index contributed by atoms with van der Waals surface area (Å²) >= 11 is 0. The maximum atomic E-state index is 10.0. The molecule has 2 fully saturated rings. The Labute approximate surface area is 116 Å². The normalized spacial score (nSPS) is 42.3. The van der Waals surface area contributed by atoms with E-state index in [1.165, 1.54) is 38.5 Å². The third-order valence-electron chi connectivity index (χ3n) is 4.81. The predicted molar refractivity (Wildman–Crippen MR) is 73.7 cm³/mol. The second-order valence-electron chi connectivity index (χ2n) is 6.84. The molecule has 1 heterocycles. The summed E-state index contributed by atoms with van der Waals surface area (Å²) in [5, 5.41) is 10.0. The molecule has 0 aromatic heterocycles. The molecule has 0 spiro atoms. The lowest BCUT2D eigenvalue weighted by atomic mass is 9.78. The summed E-state index contributed by atoms with van der Waals surface area (Å²) in [6, 6.07) is 0. The van der Waals surface area contributed by atoms with Crippen LogP contribution in [0.1, 0.15) is 52.4 Å². The van der Waals surface area contributed by atoms with E-state index in [-0.39, 0.29) is 12.2 Å². The first-order valence-corrected chi connectivity index (χ1v) is 7.77. The zero-order chi connectivity index (χ0) is 13.5. The molecule has 1 N–H and O–H groups in total. The van der Waals surface area contributed by atoms with Gasteiger partial charge >= 0.3 is 0 Å². The molecule has 3 aliphatic rings. The fraction of sp³-hybridized carbons (Fsp3) is 0.875. The van der Waals surface area contributed by atoms with E-state index in [0.717, 1.165) is 5.92 Å². The molecule has 1 saturated heterocycles. The van der Waals surface area contributed by atoms with E-state index in [1.54, 1.807) is 0 Å². The summed E-state index contributed by atoms with van der Waals surface area (Å²) in [5.74, 6) is 0.664. The van der Waals surface area contributed by atoms with E-state index >= 15 is 0 Å². The van der Waals surface area contributed by atoms with Crippen LogP contribution in [0.15, 0.2) is 12.2 Å². The van der Waals surface area contributed by atoms with Gasteiger partial charge in [0, 0.05) is 5.92 Å². The van der Waals surface area contributed by atoms with E-state index in [9.17, 15) is 5.11 Å². The Morgan fingerprint density at radius 2 is 1.74 bits per heavy atom. The number of ether oxygens (including phenoxy) is 2. The van der Waals surface area contributed by atoms with Crippen LogP contribution in [0.25, 0.3) is 0 Å². The van der Waals surface area contributed by atoms with E-state index in [0.29, 0.717) is 5.92 Å². The molecule has 1 aliphatic heterocycles. The van der Waals surface area contributed by atoms with Gasteiger partial charge in [-0.3, -0.25) is 0 Å². The zero-order valence-corrected chi connectivity index (χ0v) is 12.0. The lowest BCUT2D eigenvalue weighted by molar-refractivity contribution is -0.153. The fourth-order valence-electron chi connectivity index (χ4n) is 3.91. The van der Waals surface area contributed by atoms with Crippen LogP contribution in [0.2, 0.25) is 0 Å². The molecule has 0 radical (unpaired) electrons. The highest BCUT2D eigenvalue weighted by molar-refractivity contribution is 5.10. The van der Waals surface area contributed by atoms with Crippen LogP contribution in [0.3, 0.4) is 0 Å². The second kappa shape index (κ2) is 5.19. The van der Waals surface area contributed by atoms with Crippen LogP contribution in [0.4, 0.5) is 0 Å². The topological polar surface area (TPSA) is 38.7 Å². The highest BCUT2D eigenvalue weighted by atomic mass is 16.8. The molecule has 108 valence electrons. The van der Waals surface area contributed by atoms with Crippen molar-refractivity contribution in [2.45, 2.75) is 76.5 Å². The van der Waals surface area contributed by atoms with Gasteiger partial charge in [-0.05, 0) is 26.2 Å². The fourth-order valence-corrected chi connectivity index (χ4v) is 3.91. The predicted octanol–water partition coefficient (Wildman–Crippen LogP) is 3.02. The van der Waals surface area contributed by atoms with E-state index in [1.807, 2.05) is 19.9 Å². The van der Waals surface area contributed by atoms with Crippen molar-refractivity contribution in [3.05, 3.63) is 12.2 Å². The average molecular weight is 266 g/mol. The average Bonchev–Trinajstić information content (AvgIpc) is 2.71. The van der Waals surface area contributed by atoms with Gasteiger partial charge in [-0.1, -0.05) is 44.3 Å². The molecular formula is C16H26O3. The van der Waals surface area contributed by atoms with Crippen molar-refractivity contribution < 1.29 is 14.6 Å². The van der Waals surface area contributed by atoms with Crippen LogP contribution in [0, 0.1) is 11.8 Å². The number of hydrogen-bond acceptors (Lipinski definition) is 3. The van der Waals surface area contributed by atoms with Gasteiger partial charge in [0.15, 0.2) is 5.79 Å². The second-order valence-corrected chi connectivity index (χ2v) is 6.84. The van der Waals surface area contributed by atoms with Crippen molar-refractivity contribution in [3.8, 4) is 0 Å². The largest absolute Gasteiger partial charge is 0.386 e. The number of aliphatic hydroxyl groups is 1. The van der Waals surface area contributed by atoms with Crippen molar-refractivity contribution in [3.63, 3.8) is 0 Å². The minimum absolute atomic E-state index is 0.0249. The first kappa shape index (κ1) is 13.6. The third kappa shape index (κ3) is 2.88. The van der Waals surface area contributed by atoms with E-state index < -0.39 is 11.9 Å². The molecule has 3 heteroatoms. The lowest BCUT2D eigenvalue weighted by Crippen LogP contribution is -2.42. The molecule has 3 nitrogen and oxygen atoms in total. The van der Waals surface area contributed by atoms with E-state index in [2.05, 4.69) is 6.08 Å². The van der Waals surface area contributed by atoms with Crippen molar-refractivity contribution in [2.75, 3.05) is 0 Å². The number of aliphatic hydroxyl groups excluding tert-OH is 1. The standard InChI is InChI=1S/C16H26O3/c1-16(2)18-14-12(8-9-13(17)15(14)19-16)10-11-6-4-3-5-7-11/h8-9,11-15,17H,3-7,10H2,1-2H3/t12-,13-,14-,15+/m1/s1. The summed E-state index contributed by atoms with van der Waals surface area (Å²) in [6.07, 6.45) is 11.4. The molecule has 0 amide bonds. The lowest BCUT2D eigenvalue weighted by Gasteiger charge is -2.33. The molecule has 2 aliphatic carbocycles. The van der Waals surface area contributed by atoms with E-state index in [4.69, 9.17) is 9.47 Å². The highest BCUT2D eigenvalue weighted by Crippen LogP contribution is 2.41. The Morgan fingerprint density at radius 3 is 2.47 bits per heavy atom. The third-order valence-corrected chi connectivity index (χ3v) is 4.81. The van der Waals surface area contributed by atoms with Gasteiger partial charge in [-0.25, -0.2) is 0 Å². The van der Waals surface area contributed by atoms with Crippen molar-refractivity contribution in [1.29, 1.82) is 0 Å². The maximum absolute atomic E-state index is 10.0. The van der Waals surface area contributed by atoms with Crippen LogP contribution >= 0.6 is 0 Å². The Bertz CT molecular complexity index is 344. The van der Waals surface area contributed by atoms with Gasteiger partial charge in [0.05, 0.1) is 6.10 Å². The smallest absolute Gasteiger partial charge is 0.163 e. The minimum atomic E-state index is -0.562. The summed E-state index contributed by atoms with van der Waals surface area (Å²) in [4.78, 5) is 0. The molecule has 0 unspecified atom stereocenters. The number of hydrogen-bond donors (Lipinski definition) is 1. The molecule has 1 saturated carbocycles. The Kier molecular flexibility index (Phi) is 3.71. The summed E-state index contributed by atoms with van der Waals surface area (Å²) in [7, 11) is 0. The van der Waals surface area contributed by atoms with Gasteiger partial charge in [-0.15, -0.1) is 0 Å². The SMILES string of the molecule is CC1(C)O[C@@H]2[C@H](O1)[C@@H](CC1CCCCC1)C=C[C@H]2O. The van der Waals surface area contributed by atoms with Gasteiger partial charge in [-0.2, -0.15) is 0 Å². The zero-order valence-electron chi connectivity index (χ0n) is 12.0. The Morgan fingerprint density at radius 1 is 1.05 bits per heavy atom. The van der Waals surface area contributed by atoms with Crippen LogP contribution < -0.4 is 0 Å². The summed E-state index contributed by atoms with van der Waals surface area (Å²) in [6.45, 7) is 3.88.